The van der Waals surface area contributed by atoms with Gasteiger partial charge in [0.15, 0.2) is 5.69 Å². The van der Waals surface area contributed by atoms with E-state index in [1.165, 1.54) is 22.5 Å². The maximum absolute atomic E-state index is 13.2. The van der Waals surface area contributed by atoms with Crippen LogP contribution in [-0.2, 0) is 19.4 Å². The van der Waals surface area contributed by atoms with Gasteiger partial charge in [0.25, 0.3) is 5.91 Å². The van der Waals surface area contributed by atoms with Crippen molar-refractivity contribution in [3.8, 4) is 0 Å². The molecule has 1 aromatic heterocycles. The number of fused-ring (bicyclic) bond motifs is 1. The molecule has 1 amide bonds. The molecule has 1 aromatic carbocycles. The van der Waals surface area contributed by atoms with E-state index in [4.69, 9.17) is 16.7 Å². The van der Waals surface area contributed by atoms with Crippen LogP contribution >= 0.6 is 11.6 Å². The number of carbonyl (C=O) groups excluding carboxylic acids is 1. The minimum atomic E-state index is 0.146. The number of hydrogen-bond acceptors (Lipinski definition) is 4. The topological polar surface area (TPSA) is 44.6 Å². The van der Waals surface area contributed by atoms with Crippen molar-refractivity contribution in [3.05, 3.63) is 45.7 Å². The van der Waals surface area contributed by atoms with E-state index in [1.807, 2.05) is 11.0 Å². The summed E-state index contributed by atoms with van der Waals surface area (Å²) in [4.78, 5) is 20.3. The van der Waals surface area contributed by atoms with Gasteiger partial charge in [-0.3, -0.25) is 14.4 Å². The number of carbonyl (C=O) groups is 1. The number of benzene rings is 1. The SMILES string of the molecule is CCn1nc(C(=O)N2CCCC2)c2c1CC[C@@H](N1CCN(c3cc(Cl)ccc3C)CC1)C2. The van der Waals surface area contributed by atoms with Gasteiger partial charge in [-0.15, -0.1) is 0 Å². The zero-order valence-corrected chi connectivity index (χ0v) is 20.1. The van der Waals surface area contributed by atoms with Gasteiger partial charge in [0, 0.05) is 73.8 Å². The Hall–Kier alpha value is -2.05. The Labute approximate surface area is 196 Å². The Morgan fingerprint density at radius 1 is 1.12 bits per heavy atom. The van der Waals surface area contributed by atoms with E-state index in [-0.39, 0.29) is 5.91 Å². The molecule has 0 saturated carbocycles. The van der Waals surface area contributed by atoms with Crippen LogP contribution in [0.4, 0.5) is 5.69 Å². The number of aryl methyl sites for hydroxylation is 2. The second-order valence-electron chi connectivity index (χ2n) is 9.44. The third-order valence-corrected chi connectivity index (χ3v) is 7.79. The van der Waals surface area contributed by atoms with E-state index in [2.05, 4.69) is 40.5 Å². The van der Waals surface area contributed by atoms with Crippen molar-refractivity contribution in [1.82, 2.24) is 19.6 Å². The minimum Gasteiger partial charge on any atom is -0.369 e. The number of likely N-dealkylation sites (tertiary alicyclic amines) is 1. The van der Waals surface area contributed by atoms with Crippen molar-refractivity contribution in [2.45, 2.75) is 58.5 Å². The maximum Gasteiger partial charge on any atom is 0.274 e. The highest BCUT2D eigenvalue weighted by Gasteiger charge is 2.34. The van der Waals surface area contributed by atoms with Crippen molar-refractivity contribution in [1.29, 1.82) is 0 Å². The summed E-state index contributed by atoms with van der Waals surface area (Å²) in [7, 11) is 0. The van der Waals surface area contributed by atoms with E-state index in [1.54, 1.807) is 0 Å². The molecule has 32 heavy (non-hydrogen) atoms. The lowest BCUT2D eigenvalue weighted by Crippen LogP contribution is -2.52. The molecule has 7 heteroatoms. The molecule has 0 spiro atoms. The summed E-state index contributed by atoms with van der Waals surface area (Å²) in [6, 6.07) is 6.66. The van der Waals surface area contributed by atoms with Crippen LogP contribution in [0.3, 0.4) is 0 Å². The Bertz CT molecular complexity index is 988. The standard InChI is InChI=1S/C25H34ClN5O/c1-3-31-22-9-8-20(17-21(22)24(27-31)25(32)30-10-4-5-11-30)28-12-14-29(15-13-28)23-16-19(26)7-6-18(23)2/h6-7,16,20H,3-5,8-15,17H2,1-2H3/t20-/m1/s1. The smallest absolute Gasteiger partial charge is 0.274 e. The first kappa shape index (κ1) is 21.8. The van der Waals surface area contributed by atoms with Crippen molar-refractivity contribution >= 4 is 23.2 Å². The Morgan fingerprint density at radius 3 is 2.59 bits per heavy atom. The lowest BCUT2D eigenvalue weighted by molar-refractivity contribution is 0.0784. The van der Waals surface area contributed by atoms with Gasteiger partial charge >= 0.3 is 0 Å². The van der Waals surface area contributed by atoms with Gasteiger partial charge in [0.05, 0.1) is 0 Å². The molecule has 5 rings (SSSR count). The quantitative estimate of drug-likeness (QED) is 0.703. The second-order valence-corrected chi connectivity index (χ2v) is 9.88. The molecule has 2 aromatic rings. The number of rotatable bonds is 4. The molecule has 2 fully saturated rings. The van der Waals surface area contributed by atoms with Gasteiger partial charge < -0.3 is 9.80 Å². The largest absolute Gasteiger partial charge is 0.369 e. The summed E-state index contributed by atoms with van der Waals surface area (Å²) in [5, 5.41) is 5.59. The number of piperazine rings is 1. The fraction of sp³-hybridized carbons (Fsp3) is 0.600. The monoisotopic (exact) mass is 455 g/mol. The zero-order chi connectivity index (χ0) is 22.2. The van der Waals surface area contributed by atoms with Gasteiger partial charge in [0.2, 0.25) is 0 Å². The second kappa shape index (κ2) is 9.06. The summed E-state index contributed by atoms with van der Waals surface area (Å²) < 4.78 is 2.08. The van der Waals surface area contributed by atoms with Gasteiger partial charge in [0.1, 0.15) is 0 Å². The summed E-state index contributed by atoms with van der Waals surface area (Å²) in [5.74, 6) is 0.146. The van der Waals surface area contributed by atoms with Gasteiger partial charge in [-0.25, -0.2) is 0 Å². The number of aromatic nitrogens is 2. The van der Waals surface area contributed by atoms with E-state index in [9.17, 15) is 4.79 Å². The van der Waals surface area contributed by atoms with Gasteiger partial charge in [-0.2, -0.15) is 5.10 Å². The first-order valence-electron chi connectivity index (χ1n) is 12.2. The number of nitrogens with zero attached hydrogens (tertiary/aromatic N) is 5. The fourth-order valence-electron chi connectivity index (χ4n) is 5.74. The van der Waals surface area contributed by atoms with Crippen LogP contribution < -0.4 is 4.90 Å². The predicted octanol–water partition coefficient (Wildman–Crippen LogP) is 3.78. The molecule has 0 bridgehead atoms. The Morgan fingerprint density at radius 2 is 1.88 bits per heavy atom. The van der Waals surface area contributed by atoms with Crippen molar-refractivity contribution < 1.29 is 4.79 Å². The lowest BCUT2D eigenvalue weighted by Gasteiger charge is -2.42. The zero-order valence-electron chi connectivity index (χ0n) is 19.3. The summed E-state index contributed by atoms with van der Waals surface area (Å²) in [5.41, 5.74) is 5.77. The van der Waals surface area contributed by atoms with E-state index in [0.29, 0.717) is 6.04 Å². The molecule has 1 atom stereocenters. The predicted molar refractivity (Wildman–Crippen MR) is 129 cm³/mol. The molecule has 2 aliphatic heterocycles. The average Bonchev–Trinajstić information content (AvgIpc) is 3.48. The third kappa shape index (κ3) is 4.03. The number of amides is 1. The molecule has 6 nitrogen and oxygen atoms in total. The molecule has 172 valence electrons. The summed E-state index contributed by atoms with van der Waals surface area (Å²) in [6.07, 6.45) is 5.33. The van der Waals surface area contributed by atoms with Crippen LogP contribution in [0.25, 0.3) is 0 Å². The Balaban J connectivity index is 1.30. The number of hydrogen-bond donors (Lipinski definition) is 0. The molecule has 0 radical (unpaired) electrons. The van der Waals surface area contributed by atoms with Gasteiger partial charge in [-0.05, 0) is 63.6 Å². The number of halogens is 1. The Kier molecular flexibility index (Phi) is 6.17. The van der Waals surface area contributed by atoms with E-state index in [0.717, 1.165) is 88.6 Å². The van der Waals surface area contributed by atoms with Crippen molar-refractivity contribution in [2.24, 2.45) is 0 Å². The molecule has 1 aliphatic carbocycles. The third-order valence-electron chi connectivity index (χ3n) is 7.56. The van der Waals surface area contributed by atoms with Crippen molar-refractivity contribution in [2.75, 3.05) is 44.2 Å². The fourth-order valence-corrected chi connectivity index (χ4v) is 5.90. The molecular formula is C25H34ClN5O. The average molecular weight is 456 g/mol. The van der Waals surface area contributed by atoms with Crippen LogP contribution in [0.15, 0.2) is 18.2 Å². The summed E-state index contributed by atoms with van der Waals surface area (Å²) >= 11 is 6.26. The van der Waals surface area contributed by atoms with Crippen LogP contribution in [0.5, 0.6) is 0 Å². The van der Waals surface area contributed by atoms with Crippen molar-refractivity contribution in [3.63, 3.8) is 0 Å². The summed E-state index contributed by atoms with van der Waals surface area (Å²) in [6.45, 7) is 11.0. The van der Waals surface area contributed by atoms with Crippen LogP contribution in [0, 0.1) is 6.92 Å². The lowest BCUT2D eigenvalue weighted by atomic mass is 9.89. The normalized spacial score (nSPS) is 21.8. The molecular weight excluding hydrogens is 422 g/mol. The highest BCUT2D eigenvalue weighted by Crippen LogP contribution is 2.31. The molecule has 3 aliphatic rings. The molecule has 0 N–H and O–H groups in total. The number of anilines is 1. The van der Waals surface area contributed by atoms with Gasteiger partial charge in [-0.1, -0.05) is 17.7 Å². The van der Waals surface area contributed by atoms with E-state index >= 15 is 0 Å². The molecule has 3 heterocycles. The van der Waals surface area contributed by atoms with Crippen LogP contribution in [0.1, 0.15) is 53.5 Å². The molecule has 2 saturated heterocycles. The highest BCUT2D eigenvalue weighted by atomic mass is 35.5. The maximum atomic E-state index is 13.2. The minimum absolute atomic E-state index is 0.146. The van der Waals surface area contributed by atoms with Crippen LogP contribution in [0.2, 0.25) is 5.02 Å². The first-order valence-corrected chi connectivity index (χ1v) is 12.6. The van der Waals surface area contributed by atoms with E-state index < -0.39 is 0 Å². The highest BCUT2D eigenvalue weighted by molar-refractivity contribution is 6.30. The first-order chi connectivity index (χ1) is 15.5. The van der Waals surface area contributed by atoms with Crippen LogP contribution in [-0.4, -0.2) is 70.8 Å². The molecule has 0 unspecified atom stereocenters.